The predicted molar refractivity (Wildman–Crippen MR) is 65.3 cm³/mol. The number of rotatable bonds is 3. The Balaban J connectivity index is 2.17. The summed E-state index contributed by atoms with van der Waals surface area (Å²) in [4.78, 5) is 25.1. The number of nitrogens with one attached hydrogen (secondary N) is 2. The van der Waals surface area contributed by atoms with Crippen molar-refractivity contribution in [2.45, 2.75) is 6.92 Å². The Bertz CT molecular complexity index is 558. The molecule has 2 aromatic rings. The van der Waals surface area contributed by atoms with E-state index in [-0.39, 0.29) is 5.91 Å². The van der Waals surface area contributed by atoms with E-state index in [9.17, 15) is 9.59 Å². The SMILES string of the molecule is Cc1ccccc1NC(=O)c1cc(C=O)c[nH]1. The van der Waals surface area contributed by atoms with E-state index < -0.39 is 0 Å². The molecular formula is C13H12N2O2. The third-order valence-corrected chi connectivity index (χ3v) is 2.48. The molecule has 0 fully saturated rings. The van der Waals surface area contributed by atoms with Crippen LogP contribution >= 0.6 is 0 Å². The Morgan fingerprint density at radius 2 is 2.12 bits per heavy atom. The van der Waals surface area contributed by atoms with E-state index in [2.05, 4.69) is 10.3 Å². The van der Waals surface area contributed by atoms with Crippen LogP contribution in [0.3, 0.4) is 0 Å². The molecule has 0 atom stereocenters. The molecule has 0 aliphatic heterocycles. The first-order valence-corrected chi connectivity index (χ1v) is 5.21. The Morgan fingerprint density at radius 3 is 2.76 bits per heavy atom. The van der Waals surface area contributed by atoms with Crippen LogP contribution in [0, 0.1) is 6.92 Å². The lowest BCUT2D eigenvalue weighted by atomic mass is 10.2. The molecule has 0 bridgehead atoms. The molecular weight excluding hydrogens is 216 g/mol. The second kappa shape index (κ2) is 4.65. The highest BCUT2D eigenvalue weighted by Gasteiger charge is 2.09. The number of aryl methyl sites for hydroxylation is 1. The molecule has 0 unspecified atom stereocenters. The zero-order valence-corrected chi connectivity index (χ0v) is 9.36. The summed E-state index contributed by atoms with van der Waals surface area (Å²) in [5.41, 5.74) is 2.58. The molecule has 0 aliphatic carbocycles. The number of aromatic nitrogens is 1. The van der Waals surface area contributed by atoms with Gasteiger partial charge >= 0.3 is 0 Å². The first kappa shape index (κ1) is 11.1. The van der Waals surface area contributed by atoms with Crippen LogP contribution in [0.4, 0.5) is 5.69 Å². The minimum absolute atomic E-state index is 0.257. The molecule has 1 heterocycles. The number of aldehydes is 1. The third kappa shape index (κ3) is 2.42. The maximum atomic E-state index is 11.8. The molecule has 0 aliphatic rings. The molecule has 0 saturated carbocycles. The van der Waals surface area contributed by atoms with Gasteiger partial charge in [0.1, 0.15) is 5.69 Å². The summed E-state index contributed by atoms with van der Waals surface area (Å²) in [5, 5.41) is 2.78. The van der Waals surface area contributed by atoms with Crippen molar-refractivity contribution in [3.8, 4) is 0 Å². The monoisotopic (exact) mass is 228 g/mol. The van der Waals surface area contributed by atoms with Crippen molar-refractivity contribution in [3.05, 3.63) is 53.3 Å². The summed E-state index contributed by atoms with van der Waals surface area (Å²) in [5.74, 6) is -0.257. The zero-order chi connectivity index (χ0) is 12.3. The van der Waals surface area contributed by atoms with Crippen LogP contribution in [0.2, 0.25) is 0 Å². The van der Waals surface area contributed by atoms with Gasteiger partial charge in [-0.2, -0.15) is 0 Å². The molecule has 0 radical (unpaired) electrons. The number of carbonyl (C=O) groups is 2. The number of hydrogen-bond acceptors (Lipinski definition) is 2. The van der Waals surface area contributed by atoms with Crippen molar-refractivity contribution >= 4 is 17.9 Å². The van der Waals surface area contributed by atoms with Gasteiger partial charge in [-0.15, -0.1) is 0 Å². The maximum absolute atomic E-state index is 11.8. The van der Waals surface area contributed by atoms with E-state index in [1.54, 1.807) is 0 Å². The van der Waals surface area contributed by atoms with E-state index in [4.69, 9.17) is 0 Å². The van der Waals surface area contributed by atoms with Crippen LogP contribution in [0.1, 0.15) is 26.4 Å². The molecule has 17 heavy (non-hydrogen) atoms. The van der Waals surface area contributed by atoms with Gasteiger partial charge in [0.2, 0.25) is 0 Å². The number of para-hydroxylation sites is 1. The summed E-state index contributed by atoms with van der Waals surface area (Å²) < 4.78 is 0. The molecule has 1 amide bonds. The fraction of sp³-hybridized carbons (Fsp3) is 0.0769. The Morgan fingerprint density at radius 1 is 1.35 bits per heavy atom. The second-order valence-corrected chi connectivity index (χ2v) is 3.73. The minimum atomic E-state index is -0.257. The minimum Gasteiger partial charge on any atom is -0.356 e. The largest absolute Gasteiger partial charge is 0.356 e. The summed E-state index contributed by atoms with van der Waals surface area (Å²) in [6, 6.07) is 9.02. The lowest BCUT2D eigenvalue weighted by Gasteiger charge is -2.06. The van der Waals surface area contributed by atoms with Gasteiger partial charge in [0.25, 0.3) is 5.91 Å². The fourth-order valence-corrected chi connectivity index (χ4v) is 1.51. The van der Waals surface area contributed by atoms with Crippen LogP contribution in [0.15, 0.2) is 36.5 Å². The third-order valence-electron chi connectivity index (χ3n) is 2.48. The lowest BCUT2D eigenvalue weighted by Crippen LogP contribution is -2.12. The summed E-state index contributed by atoms with van der Waals surface area (Å²) in [6.07, 6.45) is 2.20. The smallest absolute Gasteiger partial charge is 0.272 e. The van der Waals surface area contributed by atoms with Gasteiger partial charge in [-0.05, 0) is 24.6 Å². The van der Waals surface area contributed by atoms with E-state index in [1.165, 1.54) is 12.3 Å². The summed E-state index contributed by atoms with van der Waals surface area (Å²) >= 11 is 0. The number of H-pyrrole nitrogens is 1. The average Bonchev–Trinajstić information content (AvgIpc) is 2.81. The van der Waals surface area contributed by atoms with Crippen molar-refractivity contribution in [1.29, 1.82) is 0 Å². The quantitative estimate of drug-likeness (QED) is 0.792. The van der Waals surface area contributed by atoms with E-state index in [1.807, 2.05) is 31.2 Å². The topological polar surface area (TPSA) is 62.0 Å². The number of carbonyl (C=O) groups excluding carboxylic acids is 2. The van der Waals surface area contributed by atoms with E-state index in [0.29, 0.717) is 17.5 Å². The van der Waals surface area contributed by atoms with Gasteiger partial charge in [-0.3, -0.25) is 9.59 Å². The van der Waals surface area contributed by atoms with Crippen LogP contribution in [0.5, 0.6) is 0 Å². The molecule has 1 aromatic carbocycles. The van der Waals surface area contributed by atoms with Crippen molar-refractivity contribution < 1.29 is 9.59 Å². The van der Waals surface area contributed by atoms with Gasteiger partial charge < -0.3 is 10.3 Å². The molecule has 2 rings (SSSR count). The standard InChI is InChI=1S/C13H12N2O2/c1-9-4-2-3-5-11(9)15-13(17)12-6-10(8-16)7-14-12/h2-8,14H,1H3,(H,15,17). The number of anilines is 1. The zero-order valence-electron chi connectivity index (χ0n) is 9.36. The first-order chi connectivity index (χ1) is 8.20. The Kier molecular flexibility index (Phi) is 3.05. The molecule has 4 nitrogen and oxygen atoms in total. The van der Waals surface area contributed by atoms with Gasteiger partial charge in [-0.1, -0.05) is 18.2 Å². The summed E-state index contributed by atoms with van der Waals surface area (Å²) in [6.45, 7) is 1.92. The maximum Gasteiger partial charge on any atom is 0.272 e. The van der Waals surface area contributed by atoms with Crippen LogP contribution < -0.4 is 5.32 Å². The lowest BCUT2D eigenvalue weighted by molar-refractivity contribution is 0.102. The first-order valence-electron chi connectivity index (χ1n) is 5.21. The molecule has 0 spiro atoms. The molecule has 0 saturated heterocycles. The number of aromatic amines is 1. The predicted octanol–water partition coefficient (Wildman–Crippen LogP) is 2.39. The molecule has 2 N–H and O–H groups in total. The van der Waals surface area contributed by atoms with Crippen LogP contribution in [0.25, 0.3) is 0 Å². The van der Waals surface area contributed by atoms with Crippen LogP contribution in [-0.4, -0.2) is 17.2 Å². The highest BCUT2D eigenvalue weighted by molar-refractivity contribution is 6.04. The van der Waals surface area contributed by atoms with Gasteiger partial charge in [-0.25, -0.2) is 0 Å². The summed E-state index contributed by atoms with van der Waals surface area (Å²) in [7, 11) is 0. The highest BCUT2D eigenvalue weighted by Crippen LogP contribution is 2.14. The number of amides is 1. The number of benzene rings is 1. The normalized spacial score (nSPS) is 9.94. The van der Waals surface area contributed by atoms with Gasteiger partial charge in [0.15, 0.2) is 6.29 Å². The Hall–Kier alpha value is -2.36. The van der Waals surface area contributed by atoms with Crippen molar-refractivity contribution in [3.63, 3.8) is 0 Å². The van der Waals surface area contributed by atoms with Crippen molar-refractivity contribution in [2.24, 2.45) is 0 Å². The highest BCUT2D eigenvalue weighted by atomic mass is 16.2. The van der Waals surface area contributed by atoms with E-state index in [0.717, 1.165) is 11.3 Å². The molecule has 1 aromatic heterocycles. The van der Waals surface area contributed by atoms with E-state index >= 15 is 0 Å². The number of hydrogen-bond donors (Lipinski definition) is 2. The second-order valence-electron chi connectivity index (χ2n) is 3.73. The Labute approximate surface area is 98.7 Å². The van der Waals surface area contributed by atoms with Gasteiger partial charge in [0.05, 0.1) is 0 Å². The molecule has 4 heteroatoms. The fourth-order valence-electron chi connectivity index (χ4n) is 1.51. The van der Waals surface area contributed by atoms with Crippen LogP contribution in [-0.2, 0) is 0 Å². The van der Waals surface area contributed by atoms with Crippen molar-refractivity contribution in [2.75, 3.05) is 5.32 Å². The average molecular weight is 228 g/mol. The molecule has 86 valence electrons. The van der Waals surface area contributed by atoms with Crippen molar-refractivity contribution in [1.82, 2.24) is 4.98 Å². The van der Waals surface area contributed by atoms with Gasteiger partial charge in [0, 0.05) is 17.4 Å².